The fourth-order valence-corrected chi connectivity index (χ4v) is 2.79. The third-order valence-corrected chi connectivity index (χ3v) is 4.08. The minimum atomic E-state index is -0.182. The number of carbonyl (C=O) groups excluding carboxylic acids is 1. The molecule has 5 heteroatoms. The minimum Gasteiger partial charge on any atom is -0.443 e. The molecule has 0 saturated heterocycles. The van der Waals surface area contributed by atoms with Gasteiger partial charge in [0.1, 0.15) is 5.76 Å². The summed E-state index contributed by atoms with van der Waals surface area (Å²) in [6.45, 7) is 6.49. The molecule has 23 heavy (non-hydrogen) atoms. The van der Waals surface area contributed by atoms with Gasteiger partial charge in [0.2, 0.25) is 5.89 Å². The molecule has 0 unspecified atom stereocenters. The van der Waals surface area contributed by atoms with Crippen molar-refractivity contribution < 1.29 is 9.21 Å². The molecule has 5 nitrogen and oxygen atoms in total. The van der Waals surface area contributed by atoms with E-state index in [4.69, 9.17) is 4.42 Å². The van der Waals surface area contributed by atoms with Crippen molar-refractivity contribution in [3.63, 3.8) is 0 Å². The normalized spacial score (nSPS) is 14.6. The van der Waals surface area contributed by atoms with Gasteiger partial charge in [-0.05, 0) is 24.0 Å². The van der Waals surface area contributed by atoms with Gasteiger partial charge in [0.25, 0.3) is 0 Å². The number of amides is 2. The lowest BCUT2D eigenvalue weighted by molar-refractivity contribution is 0.235. The Morgan fingerprint density at radius 1 is 1.26 bits per heavy atom. The summed E-state index contributed by atoms with van der Waals surface area (Å²) in [5.74, 6) is 1.35. The Morgan fingerprint density at radius 3 is 2.48 bits per heavy atom. The highest BCUT2D eigenvalue weighted by Crippen LogP contribution is 2.23. The standard InChI is InChI=1S/C18H23N3O2/c1-18(2,3)15-10-19-16(23-15)11-20-17(22)21-14-8-12-6-4-5-7-13(12)9-14/h4-7,10,14H,8-9,11H2,1-3H3,(H2,20,21,22). The van der Waals surface area contributed by atoms with Crippen molar-refractivity contribution in [2.45, 2.75) is 51.6 Å². The van der Waals surface area contributed by atoms with Gasteiger partial charge in [-0.3, -0.25) is 0 Å². The summed E-state index contributed by atoms with van der Waals surface area (Å²) < 4.78 is 5.67. The van der Waals surface area contributed by atoms with Crippen molar-refractivity contribution in [3.05, 3.63) is 53.2 Å². The summed E-state index contributed by atoms with van der Waals surface area (Å²) in [4.78, 5) is 16.2. The summed E-state index contributed by atoms with van der Waals surface area (Å²) in [5.41, 5.74) is 2.56. The fraction of sp³-hybridized carbons (Fsp3) is 0.444. The highest BCUT2D eigenvalue weighted by atomic mass is 16.4. The maximum absolute atomic E-state index is 12.0. The lowest BCUT2D eigenvalue weighted by Crippen LogP contribution is -2.42. The molecule has 0 aliphatic heterocycles. The van der Waals surface area contributed by atoms with Gasteiger partial charge < -0.3 is 15.1 Å². The predicted octanol–water partition coefficient (Wildman–Crippen LogP) is 2.94. The Morgan fingerprint density at radius 2 is 1.91 bits per heavy atom. The van der Waals surface area contributed by atoms with E-state index in [0.29, 0.717) is 12.4 Å². The lowest BCUT2D eigenvalue weighted by Gasteiger charge is -2.13. The van der Waals surface area contributed by atoms with Crippen LogP contribution in [-0.2, 0) is 24.8 Å². The molecular formula is C18H23N3O2. The molecule has 0 radical (unpaired) electrons. The van der Waals surface area contributed by atoms with E-state index in [9.17, 15) is 4.79 Å². The third-order valence-electron chi connectivity index (χ3n) is 4.08. The topological polar surface area (TPSA) is 67.2 Å². The van der Waals surface area contributed by atoms with Crippen LogP contribution >= 0.6 is 0 Å². The van der Waals surface area contributed by atoms with Crippen LogP contribution < -0.4 is 10.6 Å². The van der Waals surface area contributed by atoms with Crippen molar-refractivity contribution in [2.24, 2.45) is 0 Å². The number of hydrogen-bond acceptors (Lipinski definition) is 3. The first-order valence-electron chi connectivity index (χ1n) is 7.98. The SMILES string of the molecule is CC(C)(C)c1cnc(CNC(=O)NC2Cc3ccccc3C2)o1. The van der Waals surface area contributed by atoms with Gasteiger partial charge in [0.15, 0.2) is 0 Å². The number of benzene rings is 1. The molecule has 1 aromatic heterocycles. The van der Waals surface area contributed by atoms with Crippen LogP contribution in [0.1, 0.15) is 43.5 Å². The second-order valence-electron chi connectivity index (χ2n) is 7.07. The Kier molecular flexibility index (Phi) is 4.11. The quantitative estimate of drug-likeness (QED) is 0.915. The monoisotopic (exact) mass is 313 g/mol. The van der Waals surface area contributed by atoms with Gasteiger partial charge in [-0.2, -0.15) is 0 Å². The molecule has 1 aromatic carbocycles. The van der Waals surface area contributed by atoms with Crippen LogP contribution in [0.2, 0.25) is 0 Å². The molecule has 122 valence electrons. The van der Waals surface area contributed by atoms with Gasteiger partial charge in [-0.25, -0.2) is 9.78 Å². The van der Waals surface area contributed by atoms with Crippen molar-refractivity contribution in [1.29, 1.82) is 0 Å². The largest absolute Gasteiger partial charge is 0.443 e. The molecule has 0 fully saturated rings. The average Bonchev–Trinajstić information content (AvgIpc) is 3.10. The Bertz CT molecular complexity index is 675. The number of carbonyl (C=O) groups is 1. The summed E-state index contributed by atoms with van der Waals surface area (Å²) in [7, 11) is 0. The molecule has 2 N–H and O–H groups in total. The number of oxazole rings is 1. The molecule has 0 saturated carbocycles. The van der Waals surface area contributed by atoms with E-state index in [0.717, 1.165) is 18.6 Å². The average molecular weight is 313 g/mol. The molecule has 1 aliphatic rings. The van der Waals surface area contributed by atoms with Gasteiger partial charge in [0, 0.05) is 11.5 Å². The molecular weight excluding hydrogens is 290 g/mol. The van der Waals surface area contributed by atoms with Crippen LogP contribution in [0.4, 0.5) is 4.79 Å². The lowest BCUT2D eigenvalue weighted by atomic mass is 9.94. The van der Waals surface area contributed by atoms with Crippen molar-refractivity contribution in [2.75, 3.05) is 0 Å². The number of nitrogens with zero attached hydrogens (tertiary/aromatic N) is 1. The van der Waals surface area contributed by atoms with E-state index < -0.39 is 0 Å². The summed E-state index contributed by atoms with van der Waals surface area (Å²) in [6.07, 6.45) is 3.50. The minimum absolute atomic E-state index is 0.0802. The molecule has 1 heterocycles. The molecule has 3 rings (SSSR count). The number of fused-ring (bicyclic) bond motifs is 1. The first-order chi connectivity index (χ1) is 10.9. The number of hydrogen-bond donors (Lipinski definition) is 2. The Hall–Kier alpha value is -2.30. The zero-order chi connectivity index (χ0) is 16.4. The second kappa shape index (κ2) is 6.07. The van der Waals surface area contributed by atoms with Crippen LogP contribution in [0.15, 0.2) is 34.9 Å². The van der Waals surface area contributed by atoms with E-state index in [1.165, 1.54) is 11.1 Å². The van der Waals surface area contributed by atoms with Crippen LogP contribution in [0.3, 0.4) is 0 Å². The first-order valence-corrected chi connectivity index (χ1v) is 7.98. The zero-order valence-corrected chi connectivity index (χ0v) is 13.8. The number of aromatic nitrogens is 1. The molecule has 0 bridgehead atoms. The van der Waals surface area contributed by atoms with Crippen LogP contribution in [0, 0.1) is 0 Å². The fourth-order valence-electron chi connectivity index (χ4n) is 2.79. The maximum atomic E-state index is 12.0. The van der Waals surface area contributed by atoms with E-state index in [1.807, 2.05) is 12.1 Å². The highest BCUT2D eigenvalue weighted by Gasteiger charge is 2.23. The van der Waals surface area contributed by atoms with E-state index in [2.05, 4.69) is 48.5 Å². The summed E-state index contributed by atoms with van der Waals surface area (Å²) in [5, 5.41) is 5.82. The smallest absolute Gasteiger partial charge is 0.315 e. The van der Waals surface area contributed by atoms with Gasteiger partial charge in [-0.1, -0.05) is 45.0 Å². The van der Waals surface area contributed by atoms with Gasteiger partial charge in [0.05, 0.1) is 12.7 Å². The Balaban J connectivity index is 1.48. The number of nitrogens with one attached hydrogen (secondary N) is 2. The summed E-state index contributed by atoms with van der Waals surface area (Å²) >= 11 is 0. The first kappa shape index (κ1) is 15.6. The number of rotatable bonds is 3. The predicted molar refractivity (Wildman–Crippen MR) is 88.2 cm³/mol. The van der Waals surface area contributed by atoms with Crippen LogP contribution in [0.5, 0.6) is 0 Å². The second-order valence-corrected chi connectivity index (χ2v) is 7.07. The molecule has 0 spiro atoms. The Labute approximate surface area is 136 Å². The van der Waals surface area contributed by atoms with Crippen LogP contribution in [-0.4, -0.2) is 17.1 Å². The highest BCUT2D eigenvalue weighted by molar-refractivity contribution is 5.74. The third kappa shape index (κ3) is 3.73. The van der Waals surface area contributed by atoms with Crippen molar-refractivity contribution in [1.82, 2.24) is 15.6 Å². The van der Waals surface area contributed by atoms with E-state index in [1.54, 1.807) is 6.20 Å². The molecule has 2 aromatic rings. The van der Waals surface area contributed by atoms with Crippen LogP contribution in [0.25, 0.3) is 0 Å². The molecule has 2 amide bonds. The van der Waals surface area contributed by atoms with Gasteiger partial charge in [-0.15, -0.1) is 0 Å². The van der Waals surface area contributed by atoms with Crippen molar-refractivity contribution in [3.8, 4) is 0 Å². The zero-order valence-electron chi connectivity index (χ0n) is 13.8. The maximum Gasteiger partial charge on any atom is 0.315 e. The number of urea groups is 1. The van der Waals surface area contributed by atoms with Crippen molar-refractivity contribution >= 4 is 6.03 Å². The van der Waals surface area contributed by atoms with E-state index in [-0.39, 0.29) is 17.5 Å². The molecule has 1 aliphatic carbocycles. The summed E-state index contributed by atoms with van der Waals surface area (Å²) in [6, 6.07) is 8.29. The van der Waals surface area contributed by atoms with Gasteiger partial charge >= 0.3 is 6.03 Å². The molecule has 0 atom stereocenters. The van der Waals surface area contributed by atoms with E-state index >= 15 is 0 Å².